The lowest BCUT2D eigenvalue weighted by Gasteiger charge is -2.15. The van der Waals surface area contributed by atoms with E-state index in [4.69, 9.17) is 10.2 Å². The molecule has 1 aliphatic carbocycles. The summed E-state index contributed by atoms with van der Waals surface area (Å²) in [5.74, 6) is -0.459. The third kappa shape index (κ3) is 1.80. The van der Waals surface area contributed by atoms with Gasteiger partial charge in [0.05, 0.1) is 16.9 Å². The van der Waals surface area contributed by atoms with E-state index in [-0.39, 0.29) is 0 Å². The van der Waals surface area contributed by atoms with Gasteiger partial charge < -0.3 is 15.5 Å². The number of oxazole rings is 1. The number of rotatable bonds is 2. The summed E-state index contributed by atoms with van der Waals surface area (Å²) in [5.41, 5.74) is 8.49. The number of aromatic amines is 1. The fourth-order valence-electron chi connectivity index (χ4n) is 2.09. The maximum atomic E-state index is 11.1. The summed E-state index contributed by atoms with van der Waals surface area (Å²) in [5, 5.41) is 3.36. The van der Waals surface area contributed by atoms with E-state index < -0.39 is 5.76 Å². The van der Waals surface area contributed by atoms with Crippen molar-refractivity contribution in [2.24, 2.45) is 0 Å². The molecule has 2 aromatic rings. The van der Waals surface area contributed by atoms with E-state index in [0.717, 1.165) is 18.5 Å². The molecule has 0 unspecified atom stereocenters. The molecule has 0 spiro atoms. The Morgan fingerprint density at radius 3 is 2.88 bits per heavy atom. The van der Waals surface area contributed by atoms with Crippen LogP contribution in [0.15, 0.2) is 33.5 Å². The first-order valence-corrected chi connectivity index (χ1v) is 5.56. The number of hydrogen-bond acceptors (Lipinski definition) is 4. The molecule has 1 heterocycles. The number of aromatic nitrogens is 1. The minimum Gasteiger partial charge on any atom is -0.408 e. The van der Waals surface area contributed by atoms with Crippen molar-refractivity contribution in [3.63, 3.8) is 0 Å². The smallest absolute Gasteiger partial charge is 0.408 e. The fourth-order valence-corrected chi connectivity index (χ4v) is 2.09. The summed E-state index contributed by atoms with van der Waals surface area (Å²) < 4.78 is 4.94. The Bertz CT molecular complexity index is 631. The van der Waals surface area contributed by atoms with E-state index in [2.05, 4.69) is 22.5 Å². The summed E-state index contributed by atoms with van der Waals surface area (Å²) in [6, 6.07) is 3.86. The summed E-state index contributed by atoms with van der Waals surface area (Å²) >= 11 is 0. The third-order valence-corrected chi connectivity index (χ3v) is 2.96. The molecule has 0 bridgehead atoms. The normalized spacial score (nSPS) is 15.8. The molecule has 17 heavy (non-hydrogen) atoms. The van der Waals surface area contributed by atoms with Crippen LogP contribution in [0.4, 0.5) is 11.4 Å². The van der Waals surface area contributed by atoms with Gasteiger partial charge in [-0.3, -0.25) is 4.98 Å². The summed E-state index contributed by atoms with van der Waals surface area (Å²) in [4.78, 5) is 13.7. The second-order valence-electron chi connectivity index (χ2n) is 4.23. The lowest BCUT2D eigenvalue weighted by Crippen LogP contribution is -2.16. The number of fused-ring (bicyclic) bond motifs is 1. The van der Waals surface area contributed by atoms with Gasteiger partial charge >= 0.3 is 5.76 Å². The number of benzene rings is 1. The predicted octanol–water partition coefficient (Wildman–Crippen LogP) is 1.83. The zero-order chi connectivity index (χ0) is 11.8. The van der Waals surface area contributed by atoms with Crippen LogP contribution >= 0.6 is 0 Å². The molecule has 0 saturated heterocycles. The SMILES string of the molecule is Nc1cc2oc(=O)[nH]c2cc1NC1CC=CC1. The molecule has 0 fully saturated rings. The van der Waals surface area contributed by atoms with Crippen LogP contribution in [0, 0.1) is 0 Å². The number of anilines is 2. The van der Waals surface area contributed by atoms with Gasteiger partial charge in [-0.05, 0) is 18.9 Å². The van der Waals surface area contributed by atoms with E-state index in [1.54, 1.807) is 6.07 Å². The molecule has 3 rings (SSSR count). The Kier molecular flexibility index (Phi) is 2.18. The van der Waals surface area contributed by atoms with Crippen molar-refractivity contribution >= 4 is 22.5 Å². The lowest BCUT2D eigenvalue weighted by atomic mass is 10.2. The average Bonchev–Trinajstić information content (AvgIpc) is 2.87. The van der Waals surface area contributed by atoms with Crippen LogP contribution in [0.2, 0.25) is 0 Å². The minimum atomic E-state index is -0.459. The van der Waals surface area contributed by atoms with Crippen LogP contribution in [-0.2, 0) is 0 Å². The highest BCUT2D eigenvalue weighted by molar-refractivity contribution is 5.85. The van der Waals surface area contributed by atoms with Gasteiger partial charge in [0.2, 0.25) is 0 Å². The second-order valence-corrected chi connectivity index (χ2v) is 4.23. The Hall–Kier alpha value is -2.17. The number of nitrogen functional groups attached to an aromatic ring is 1. The van der Waals surface area contributed by atoms with Crippen LogP contribution in [0.1, 0.15) is 12.8 Å². The van der Waals surface area contributed by atoms with Crippen LogP contribution in [-0.4, -0.2) is 11.0 Å². The largest absolute Gasteiger partial charge is 0.417 e. The summed E-state index contributed by atoms with van der Waals surface area (Å²) in [7, 11) is 0. The van der Waals surface area contributed by atoms with Crippen LogP contribution in [0.5, 0.6) is 0 Å². The molecule has 0 atom stereocenters. The van der Waals surface area contributed by atoms with Crippen molar-refractivity contribution in [2.45, 2.75) is 18.9 Å². The lowest BCUT2D eigenvalue weighted by molar-refractivity contribution is 0.555. The van der Waals surface area contributed by atoms with E-state index in [9.17, 15) is 4.79 Å². The average molecular weight is 231 g/mol. The van der Waals surface area contributed by atoms with Crippen molar-refractivity contribution in [3.05, 3.63) is 34.8 Å². The molecule has 4 N–H and O–H groups in total. The molecular weight excluding hydrogens is 218 g/mol. The zero-order valence-electron chi connectivity index (χ0n) is 9.19. The minimum absolute atomic E-state index is 0.383. The summed E-state index contributed by atoms with van der Waals surface area (Å²) in [6.45, 7) is 0. The van der Waals surface area contributed by atoms with Gasteiger partial charge in [0.15, 0.2) is 5.58 Å². The molecule has 0 amide bonds. The van der Waals surface area contributed by atoms with Crippen molar-refractivity contribution in [3.8, 4) is 0 Å². The molecule has 0 saturated carbocycles. The Morgan fingerprint density at radius 2 is 2.12 bits per heavy atom. The molecule has 5 heteroatoms. The van der Waals surface area contributed by atoms with Crippen molar-refractivity contribution in [1.82, 2.24) is 4.98 Å². The number of nitrogens with one attached hydrogen (secondary N) is 2. The highest BCUT2D eigenvalue weighted by Crippen LogP contribution is 2.26. The maximum Gasteiger partial charge on any atom is 0.417 e. The predicted molar refractivity (Wildman–Crippen MR) is 67.0 cm³/mol. The molecule has 0 radical (unpaired) electrons. The maximum absolute atomic E-state index is 11.1. The van der Waals surface area contributed by atoms with Crippen LogP contribution in [0.3, 0.4) is 0 Å². The standard InChI is InChI=1S/C12H13N3O2/c13-8-5-11-10(15-12(16)17-11)6-9(8)14-7-3-1-2-4-7/h1-2,5-7,14H,3-4,13H2,(H,15,16). The van der Waals surface area contributed by atoms with Gasteiger partial charge in [-0.25, -0.2) is 4.79 Å². The molecule has 1 aromatic carbocycles. The molecule has 0 aliphatic heterocycles. The van der Waals surface area contributed by atoms with Gasteiger partial charge in [0.25, 0.3) is 0 Å². The quantitative estimate of drug-likeness (QED) is 0.544. The Morgan fingerprint density at radius 1 is 1.35 bits per heavy atom. The van der Waals surface area contributed by atoms with Crippen molar-refractivity contribution < 1.29 is 4.42 Å². The summed E-state index contributed by atoms with van der Waals surface area (Å²) in [6.07, 6.45) is 6.29. The van der Waals surface area contributed by atoms with Crippen molar-refractivity contribution in [1.29, 1.82) is 0 Å². The van der Waals surface area contributed by atoms with Gasteiger partial charge in [0.1, 0.15) is 0 Å². The van der Waals surface area contributed by atoms with E-state index in [1.807, 2.05) is 6.07 Å². The first-order chi connectivity index (χ1) is 8.22. The topological polar surface area (TPSA) is 84.0 Å². The monoisotopic (exact) mass is 231 g/mol. The fraction of sp³-hybridized carbons (Fsp3) is 0.250. The van der Waals surface area contributed by atoms with Gasteiger partial charge in [-0.1, -0.05) is 12.2 Å². The zero-order valence-corrected chi connectivity index (χ0v) is 9.19. The van der Waals surface area contributed by atoms with E-state index >= 15 is 0 Å². The highest BCUT2D eigenvalue weighted by Gasteiger charge is 2.13. The Balaban J connectivity index is 1.97. The van der Waals surface area contributed by atoms with Crippen LogP contribution < -0.4 is 16.8 Å². The first-order valence-electron chi connectivity index (χ1n) is 5.56. The van der Waals surface area contributed by atoms with E-state index in [0.29, 0.717) is 22.8 Å². The molecule has 1 aliphatic rings. The van der Waals surface area contributed by atoms with Gasteiger partial charge in [-0.15, -0.1) is 0 Å². The van der Waals surface area contributed by atoms with Gasteiger partial charge in [0, 0.05) is 12.1 Å². The number of nitrogens with two attached hydrogens (primary N) is 1. The third-order valence-electron chi connectivity index (χ3n) is 2.96. The number of H-pyrrole nitrogens is 1. The molecule has 1 aromatic heterocycles. The molecule has 88 valence electrons. The highest BCUT2D eigenvalue weighted by atomic mass is 16.4. The molecule has 5 nitrogen and oxygen atoms in total. The number of hydrogen-bond donors (Lipinski definition) is 3. The Labute approximate surface area is 97.3 Å². The van der Waals surface area contributed by atoms with Crippen molar-refractivity contribution in [2.75, 3.05) is 11.1 Å². The van der Waals surface area contributed by atoms with E-state index in [1.165, 1.54) is 0 Å². The van der Waals surface area contributed by atoms with Crippen LogP contribution in [0.25, 0.3) is 11.1 Å². The first kappa shape index (κ1) is 10.0. The molecular formula is C12H13N3O2. The second kappa shape index (κ2) is 3.69. The van der Waals surface area contributed by atoms with Gasteiger partial charge in [-0.2, -0.15) is 0 Å².